The molecule has 0 amide bonds. The summed E-state index contributed by atoms with van der Waals surface area (Å²) in [6, 6.07) is 5.88. The second-order valence-electron chi connectivity index (χ2n) is 5.82. The van der Waals surface area contributed by atoms with Crippen LogP contribution in [0.4, 0.5) is 5.69 Å². The zero-order valence-corrected chi connectivity index (χ0v) is 11.6. The number of fused-ring (bicyclic) bond motifs is 2. The number of hydrogen-bond donors (Lipinski definition) is 2. The van der Waals surface area contributed by atoms with Gasteiger partial charge in [-0.1, -0.05) is 0 Å². The van der Waals surface area contributed by atoms with Crippen molar-refractivity contribution in [1.29, 1.82) is 0 Å². The maximum Gasteiger partial charge on any atom is 0.335 e. The van der Waals surface area contributed by atoms with E-state index in [1.165, 1.54) is 25.0 Å². The Morgan fingerprint density at radius 2 is 2.00 bits per heavy atom. The number of nitrogens with two attached hydrogens (primary N) is 1. The van der Waals surface area contributed by atoms with Crippen molar-refractivity contribution in [2.75, 3.05) is 12.8 Å². The summed E-state index contributed by atoms with van der Waals surface area (Å²) in [5, 5.41) is 8.93. The van der Waals surface area contributed by atoms with Crippen LogP contribution in [0.15, 0.2) is 18.2 Å². The van der Waals surface area contributed by atoms with E-state index >= 15 is 0 Å². The topological polar surface area (TPSA) is 75.8 Å². The molecule has 1 aromatic rings. The van der Waals surface area contributed by atoms with Crippen LogP contribution in [0.25, 0.3) is 0 Å². The number of ether oxygens (including phenoxy) is 1. The molecule has 2 fully saturated rings. The number of carboxylic acid groups (broad SMARTS) is 1. The number of carbonyl (C=O) groups is 1. The lowest BCUT2D eigenvalue weighted by Gasteiger charge is -2.36. The van der Waals surface area contributed by atoms with Crippen molar-refractivity contribution >= 4 is 11.7 Å². The van der Waals surface area contributed by atoms with Gasteiger partial charge in [-0.05, 0) is 50.9 Å². The molecule has 5 nitrogen and oxygen atoms in total. The van der Waals surface area contributed by atoms with Gasteiger partial charge in [-0.3, -0.25) is 0 Å². The molecule has 3 N–H and O–H groups in total. The lowest BCUT2D eigenvalue weighted by Crippen LogP contribution is -2.43. The second kappa shape index (κ2) is 4.98. The van der Waals surface area contributed by atoms with Gasteiger partial charge in [0.25, 0.3) is 0 Å². The number of anilines is 1. The normalized spacial score (nSPS) is 29.4. The Morgan fingerprint density at radius 1 is 1.35 bits per heavy atom. The monoisotopic (exact) mass is 276 g/mol. The van der Waals surface area contributed by atoms with E-state index in [9.17, 15) is 4.79 Å². The molecule has 0 saturated carbocycles. The van der Waals surface area contributed by atoms with Crippen LogP contribution in [-0.4, -0.2) is 41.2 Å². The van der Waals surface area contributed by atoms with Crippen molar-refractivity contribution in [3.8, 4) is 5.75 Å². The first-order valence-corrected chi connectivity index (χ1v) is 7.06. The van der Waals surface area contributed by atoms with E-state index in [1.54, 1.807) is 6.07 Å². The molecule has 2 atom stereocenters. The summed E-state index contributed by atoms with van der Waals surface area (Å²) in [6.07, 6.45) is 4.71. The predicted octanol–water partition coefficient (Wildman–Crippen LogP) is 1.97. The van der Waals surface area contributed by atoms with Crippen molar-refractivity contribution < 1.29 is 14.6 Å². The van der Waals surface area contributed by atoms with E-state index in [0.29, 0.717) is 23.5 Å². The summed E-state index contributed by atoms with van der Waals surface area (Å²) >= 11 is 0. The molecular weight excluding hydrogens is 256 g/mol. The summed E-state index contributed by atoms with van der Waals surface area (Å²) in [4.78, 5) is 13.3. The largest absolute Gasteiger partial charge is 0.488 e. The van der Waals surface area contributed by atoms with Crippen molar-refractivity contribution in [3.05, 3.63) is 23.8 Å². The molecule has 5 heteroatoms. The highest BCUT2D eigenvalue weighted by Gasteiger charge is 2.39. The van der Waals surface area contributed by atoms with E-state index < -0.39 is 5.97 Å². The Balaban J connectivity index is 1.71. The van der Waals surface area contributed by atoms with Crippen LogP contribution in [-0.2, 0) is 0 Å². The predicted molar refractivity (Wildman–Crippen MR) is 76.0 cm³/mol. The third-order valence-electron chi connectivity index (χ3n) is 4.61. The molecule has 108 valence electrons. The average Bonchev–Trinajstić information content (AvgIpc) is 2.64. The summed E-state index contributed by atoms with van der Waals surface area (Å²) in [7, 11) is 2.19. The first-order chi connectivity index (χ1) is 9.54. The molecule has 2 heterocycles. The van der Waals surface area contributed by atoms with Crippen LogP contribution in [0.1, 0.15) is 36.0 Å². The molecule has 0 aliphatic carbocycles. The zero-order valence-electron chi connectivity index (χ0n) is 11.6. The number of piperidine rings is 1. The van der Waals surface area contributed by atoms with E-state index in [1.807, 2.05) is 0 Å². The van der Waals surface area contributed by atoms with E-state index in [4.69, 9.17) is 15.6 Å². The third-order valence-corrected chi connectivity index (χ3v) is 4.61. The van der Waals surface area contributed by atoms with Gasteiger partial charge in [0, 0.05) is 12.1 Å². The molecule has 2 aliphatic rings. The number of rotatable bonds is 3. The SMILES string of the molecule is CN1C2CCC1CC(Oc1ccc(C(=O)O)cc1N)C2. The fourth-order valence-electron chi connectivity index (χ4n) is 3.43. The quantitative estimate of drug-likeness (QED) is 0.825. The molecule has 20 heavy (non-hydrogen) atoms. The maximum absolute atomic E-state index is 10.9. The third kappa shape index (κ3) is 2.33. The maximum atomic E-state index is 10.9. The highest BCUT2D eigenvalue weighted by Crippen LogP contribution is 2.36. The minimum Gasteiger partial charge on any atom is -0.488 e. The minimum atomic E-state index is -0.972. The van der Waals surface area contributed by atoms with E-state index in [-0.39, 0.29) is 11.7 Å². The highest BCUT2D eigenvalue weighted by atomic mass is 16.5. The Labute approximate surface area is 118 Å². The van der Waals surface area contributed by atoms with E-state index in [2.05, 4.69) is 11.9 Å². The fourth-order valence-corrected chi connectivity index (χ4v) is 3.43. The van der Waals surface area contributed by atoms with Gasteiger partial charge in [-0.25, -0.2) is 4.79 Å². The molecule has 0 spiro atoms. The summed E-state index contributed by atoms with van der Waals surface area (Å²) in [5.41, 5.74) is 6.48. The zero-order chi connectivity index (χ0) is 14.3. The Hall–Kier alpha value is -1.75. The number of hydrogen-bond acceptors (Lipinski definition) is 4. The minimum absolute atomic E-state index is 0.182. The fraction of sp³-hybridized carbons (Fsp3) is 0.533. The van der Waals surface area contributed by atoms with Crippen molar-refractivity contribution in [1.82, 2.24) is 4.90 Å². The first-order valence-electron chi connectivity index (χ1n) is 7.06. The smallest absolute Gasteiger partial charge is 0.335 e. The van der Waals surface area contributed by atoms with Crippen LogP contribution in [0.2, 0.25) is 0 Å². The number of carboxylic acids is 1. The van der Waals surface area contributed by atoms with Crippen LogP contribution in [0.5, 0.6) is 5.75 Å². The van der Waals surface area contributed by atoms with Crippen LogP contribution < -0.4 is 10.5 Å². The Morgan fingerprint density at radius 3 is 2.55 bits per heavy atom. The molecule has 2 aliphatic heterocycles. The molecule has 0 radical (unpaired) electrons. The van der Waals surface area contributed by atoms with Crippen LogP contribution >= 0.6 is 0 Å². The Bertz CT molecular complexity index is 518. The van der Waals surface area contributed by atoms with E-state index in [0.717, 1.165) is 12.8 Å². The molecule has 2 bridgehead atoms. The number of benzene rings is 1. The first kappa shape index (κ1) is 13.2. The molecule has 2 unspecified atom stereocenters. The molecule has 1 aromatic carbocycles. The van der Waals surface area contributed by atoms with Crippen LogP contribution in [0.3, 0.4) is 0 Å². The molecule has 2 saturated heterocycles. The number of nitrogens with zero attached hydrogens (tertiary/aromatic N) is 1. The second-order valence-corrected chi connectivity index (χ2v) is 5.82. The summed E-state index contributed by atoms with van der Waals surface area (Å²) < 4.78 is 6.01. The average molecular weight is 276 g/mol. The molecular formula is C15H20N2O3. The van der Waals surface area contributed by atoms with Gasteiger partial charge in [0.2, 0.25) is 0 Å². The van der Waals surface area contributed by atoms with Gasteiger partial charge in [-0.15, -0.1) is 0 Å². The van der Waals surface area contributed by atoms with Gasteiger partial charge in [0.1, 0.15) is 11.9 Å². The number of aromatic carboxylic acids is 1. The van der Waals surface area contributed by atoms with Gasteiger partial charge in [-0.2, -0.15) is 0 Å². The summed E-state index contributed by atoms with van der Waals surface area (Å²) in [5.74, 6) is -0.371. The van der Waals surface area contributed by atoms with Crippen molar-refractivity contribution in [3.63, 3.8) is 0 Å². The highest BCUT2D eigenvalue weighted by molar-refractivity contribution is 5.89. The standard InChI is InChI=1S/C15H20N2O3/c1-17-10-3-4-11(17)8-12(7-10)20-14-5-2-9(15(18)19)6-13(14)16/h2,5-6,10-12H,3-4,7-8,16H2,1H3,(H,18,19). The van der Waals surface area contributed by atoms with Gasteiger partial charge >= 0.3 is 5.97 Å². The van der Waals surface area contributed by atoms with Gasteiger partial charge < -0.3 is 20.5 Å². The van der Waals surface area contributed by atoms with Crippen molar-refractivity contribution in [2.24, 2.45) is 0 Å². The lowest BCUT2D eigenvalue weighted by atomic mass is 10.0. The van der Waals surface area contributed by atoms with Gasteiger partial charge in [0.15, 0.2) is 0 Å². The summed E-state index contributed by atoms with van der Waals surface area (Å²) in [6.45, 7) is 0. The lowest BCUT2D eigenvalue weighted by molar-refractivity contribution is 0.0665. The van der Waals surface area contributed by atoms with Crippen LogP contribution in [0, 0.1) is 0 Å². The number of nitrogen functional groups attached to an aromatic ring is 1. The molecule has 0 aromatic heterocycles. The Kier molecular flexibility index (Phi) is 3.30. The van der Waals surface area contributed by atoms with Crippen molar-refractivity contribution in [2.45, 2.75) is 43.9 Å². The molecule has 3 rings (SSSR count). The van der Waals surface area contributed by atoms with Gasteiger partial charge in [0.05, 0.1) is 11.3 Å².